The summed E-state index contributed by atoms with van der Waals surface area (Å²) < 4.78 is 80.5. The van der Waals surface area contributed by atoms with Crippen LogP contribution in [0.3, 0.4) is 0 Å². The molecule has 0 bridgehead atoms. The average molecular weight is 565 g/mol. The second-order valence-corrected chi connectivity index (χ2v) is 11.2. The number of fused-ring (bicyclic) bond motifs is 1. The molecule has 6 rings (SSSR count). The Balaban J connectivity index is 1.37. The molecule has 1 aliphatic carbocycles. The molecule has 0 radical (unpaired) electrons. The minimum Gasteiger partial charge on any atom is -0.376 e. The third-order valence-corrected chi connectivity index (χ3v) is 8.14. The van der Waals surface area contributed by atoms with Crippen molar-refractivity contribution in [2.45, 2.75) is 49.9 Å². The summed E-state index contributed by atoms with van der Waals surface area (Å²) in [5.41, 5.74) is -2.03. The number of aryl methyl sites for hydroxylation is 1. The number of hydrogen-bond acceptors (Lipinski definition) is 5. The number of ether oxygens (including phenoxy) is 1. The van der Waals surface area contributed by atoms with Gasteiger partial charge in [0.25, 0.3) is 5.92 Å². The van der Waals surface area contributed by atoms with Gasteiger partial charge in [-0.15, -0.1) is 10.2 Å². The summed E-state index contributed by atoms with van der Waals surface area (Å²) in [6.45, 7) is 4.10. The fourth-order valence-electron chi connectivity index (χ4n) is 6.40. The van der Waals surface area contributed by atoms with E-state index in [0.29, 0.717) is 43.3 Å². The minimum atomic E-state index is -4.66. The highest BCUT2D eigenvalue weighted by molar-refractivity contribution is 5.69. The molecule has 0 spiro atoms. The van der Waals surface area contributed by atoms with Crippen molar-refractivity contribution >= 4 is 5.57 Å². The van der Waals surface area contributed by atoms with E-state index in [4.69, 9.17) is 4.74 Å². The molecular weight excluding hydrogens is 535 g/mol. The Morgan fingerprint density at radius 1 is 1.18 bits per heavy atom. The summed E-state index contributed by atoms with van der Waals surface area (Å²) in [7, 11) is 1.67. The lowest BCUT2D eigenvalue weighted by molar-refractivity contribution is -0.116. The van der Waals surface area contributed by atoms with Crippen LogP contribution in [0.5, 0.6) is 0 Å². The molecule has 1 saturated heterocycles. The Bertz CT molecular complexity index is 1510. The molecule has 0 amide bonds. The van der Waals surface area contributed by atoms with E-state index in [2.05, 4.69) is 15.1 Å². The van der Waals surface area contributed by atoms with E-state index in [9.17, 15) is 26.7 Å². The van der Waals surface area contributed by atoms with Gasteiger partial charge in [-0.05, 0) is 24.6 Å². The van der Waals surface area contributed by atoms with Crippen molar-refractivity contribution in [1.29, 1.82) is 0 Å². The van der Waals surface area contributed by atoms with Gasteiger partial charge in [-0.25, -0.2) is 13.6 Å². The molecule has 8 nitrogen and oxygen atoms in total. The summed E-state index contributed by atoms with van der Waals surface area (Å²) in [5.74, 6) is -3.05. The lowest BCUT2D eigenvalue weighted by Gasteiger charge is -2.46. The number of rotatable bonds is 5. The predicted molar refractivity (Wildman–Crippen MR) is 135 cm³/mol. The molecule has 2 fully saturated rings. The maximum absolute atomic E-state index is 14.2. The first-order chi connectivity index (χ1) is 18.9. The van der Waals surface area contributed by atoms with Crippen LogP contribution >= 0.6 is 0 Å². The van der Waals surface area contributed by atoms with E-state index in [-0.39, 0.29) is 18.3 Å². The van der Waals surface area contributed by atoms with Crippen molar-refractivity contribution in [3.05, 3.63) is 70.4 Å². The van der Waals surface area contributed by atoms with E-state index in [1.165, 1.54) is 27.7 Å². The molecule has 214 valence electrons. The molecule has 3 aromatic rings. The minimum absolute atomic E-state index is 0.0180. The zero-order valence-corrected chi connectivity index (χ0v) is 22.0. The van der Waals surface area contributed by atoms with Crippen LogP contribution in [0, 0.1) is 5.92 Å². The first-order valence-corrected chi connectivity index (χ1v) is 13.2. The first kappa shape index (κ1) is 26.9. The van der Waals surface area contributed by atoms with Gasteiger partial charge >= 0.3 is 11.9 Å². The van der Waals surface area contributed by atoms with Crippen molar-refractivity contribution in [2.75, 3.05) is 26.2 Å². The number of imidazole rings is 1. The number of aromatic nitrogens is 5. The highest BCUT2D eigenvalue weighted by Crippen LogP contribution is 2.56. The average Bonchev–Trinajstić information content (AvgIpc) is 3.44. The maximum Gasteiger partial charge on any atom is 0.418 e. The molecule has 4 heterocycles. The summed E-state index contributed by atoms with van der Waals surface area (Å²) in [4.78, 5) is 15.6. The highest BCUT2D eigenvalue weighted by Gasteiger charge is 2.60. The molecule has 13 heteroatoms. The smallest absolute Gasteiger partial charge is 0.376 e. The molecule has 3 aliphatic rings. The number of allylic oxidation sites excluding steroid dienone is 1. The normalized spacial score (nSPS) is 24.3. The van der Waals surface area contributed by atoms with E-state index in [1.54, 1.807) is 35.9 Å². The topological polar surface area (TPSA) is 70.1 Å². The Labute approximate surface area is 226 Å². The van der Waals surface area contributed by atoms with Gasteiger partial charge in [0, 0.05) is 58.2 Å². The van der Waals surface area contributed by atoms with Crippen LogP contribution in [-0.4, -0.2) is 73.2 Å². The second-order valence-electron chi connectivity index (χ2n) is 11.2. The summed E-state index contributed by atoms with van der Waals surface area (Å²) >= 11 is 0. The number of hydrogen-bond donors (Lipinski definition) is 0. The molecule has 40 heavy (non-hydrogen) atoms. The quantitative estimate of drug-likeness (QED) is 0.442. The van der Waals surface area contributed by atoms with Crippen molar-refractivity contribution in [1.82, 2.24) is 28.8 Å². The molecule has 1 unspecified atom stereocenters. The van der Waals surface area contributed by atoms with Gasteiger partial charge in [-0.1, -0.05) is 18.2 Å². The number of benzene rings is 1. The SMILES string of the molecule is C[C@@H]1CN(CC2C=C(C(F)(F)F)c3cn(-c4cccc(C5(c6nncn6C)CC(F)(F)C5)c4)c(=O)n3C2)CCO1. The van der Waals surface area contributed by atoms with Gasteiger partial charge in [0.05, 0.1) is 35.1 Å². The largest absolute Gasteiger partial charge is 0.418 e. The lowest BCUT2D eigenvalue weighted by atomic mass is 9.61. The zero-order valence-electron chi connectivity index (χ0n) is 22.0. The third kappa shape index (κ3) is 4.58. The molecule has 1 aromatic carbocycles. The molecule has 2 aromatic heterocycles. The van der Waals surface area contributed by atoms with E-state index in [0.717, 1.165) is 0 Å². The Hall–Kier alpha value is -3.32. The summed E-state index contributed by atoms with van der Waals surface area (Å²) in [6, 6.07) is 6.46. The molecular formula is C27H29F5N6O2. The second kappa shape index (κ2) is 9.37. The van der Waals surface area contributed by atoms with Crippen LogP contribution in [0.25, 0.3) is 11.3 Å². The van der Waals surface area contributed by atoms with Crippen molar-refractivity contribution in [3.63, 3.8) is 0 Å². The van der Waals surface area contributed by atoms with Crippen molar-refractivity contribution < 1.29 is 26.7 Å². The van der Waals surface area contributed by atoms with Crippen LogP contribution in [0.1, 0.15) is 36.8 Å². The maximum atomic E-state index is 14.2. The molecule has 1 saturated carbocycles. The van der Waals surface area contributed by atoms with Gasteiger partial charge in [-0.3, -0.25) is 14.0 Å². The lowest BCUT2D eigenvalue weighted by Crippen LogP contribution is -2.51. The third-order valence-electron chi connectivity index (χ3n) is 8.14. The number of nitrogens with zero attached hydrogens (tertiary/aromatic N) is 6. The summed E-state index contributed by atoms with van der Waals surface area (Å²) in [6.07, 6.45) is -1.81. The highest BCUT2D eigenvalue weighted by atomic mass is 19.4. The predicted octanol–water partition coefficient (Wildman–Crippen LogP) is 3.78. The van der Waals surface area contributed by atoms with Crippen LogP contribution in [0.2, 0.25) is 0 Å². The number of alkyl halides is 5. The fourth-order valence-corrected chi connectivity index (χ4v) is 6.40. The monoisotopic (exact) mass is 564 g/mol. The Morgan fingerprint density at radius 2 is 1.95 bits per heavy atom. The Kier molecular flexibility index (Phi) is 6.30. The van der Waals surface area contributed by atoms with Crippen LogP contribution < -0.4 is 5.69 Å². The zero-order chi connectivity index (χ0) is 28.4. The van der Waals surface area contributed by atoms with E-state index in [1.807, 2.05) is 6.92 Å². The first-order valence-electron chi connectivity index (χ1n) is 13.2. The van der Waals surface area contributed by atoms with E-state index >= 15 is 0 Å². The fraction of sp³-hybridized carbons (Fsp3) is 0.519. The van der Waals surface area contributed by atoms with Crippen LogP contribution in [-0.2, 0) is 23.7 Å². The number of morpholine rings is 1. The van der Waals surface area contributed by atoms with Gasteiger partial charge in [0.15, 0.2) is 0 Å². The van der Waals surface area contributed by atoms with E-state index < -0.39 is 47.5 Å². The summed E-state index contributed by atoms with van der Waals surface area (Å²) in [5, 5.41) is 7.94. The molecule has 2 atom stereocenters. The Morgan fingerprint density at radius 3 is 2.60 bits per heavy atom. The van der Waals surface area contributed by atoms with Gasteiger partial charge in [0.1, 0.15) is 12.2 Å². The number of halogens is 5. The van der Waals surface area contributed by atoms with Gasteiger partial charge in [0.2, 0.25) is 0 Å². The molecule has 0 N–H and O–H groups in total. The standard InChI is InChI=1S/C27H29F5N6O2/c1-17-10-36(6-7-40-17)11-18-8-21(27(30,31)32)22-13-37(24(39)38(22)12-18)20-5-3-4-19(9-20)25(14-26(28,29)15-25)23-34-33-16-35(23)2/h3-5,8-9,13,16-18H,6-7,10-12,14-15H2,1-2H3/t17-,18?/m1/s1. The van der Waals surface area contributed by atoms with Crippen molar-refractivity contribution in [3.8, 4) is 5.69 Å². The van der Waals surface area contributed by atoms with Crippen molar-refractivity contribution in [2.24, 2.45) is 13.0 Å². The molecule has 2 aliphatic heterocycles. The van der Waals surface area contributed by atoms with Gasteiger partial charge < -0.3 is 9.30 Å². The van der Waals surface area contributed by atoms with Crippen LogP contribution in [0.4, 0.5) is 22.0 Å². The van der Waals surface area contributed by atoms with Gasteiger partial charge in [-0.2, -0.15) is 13.2 Å². The van der Waals surface area contributed by atoms with Crippen LogP contribution in [0.15, 0.2) is 47.7 Å².